The lowest BCUT2D eigenvalue weighted by molar-refractivity contribution is -0.00118. The van der Waals surface area contributed by atoms with Crippen LogP contribution in [0, 0.1) is 17.3 Å². The molecule has 1 saturated carbocycles. The molecule has 2 N–H and O–H groups in total. The Labute approximate surface area is 114 Å². The van der Waals surface area contributed by atoms with Crippen LogP contribution in [-0.4, -0.2) is 19.3 Å². The molecule has 1 fully saturated rings. The molecule has 0 aliphatic heterocycles. The normalized spacial score (nSPS) is 29.5. The summed E-state index contributed by atoms with van der Waals surface area (Å²) in [6.45, 7) is 10.9. The van der Waals surface area contributed by atoms with Gasteiger partial charge in [0.05, 0.1) is 6.10 Å². The number of nitrogens with two attached hydrogens (primary N) is 1. The Hall–Kier alpha value is -0.0800. The molecule has 0 aromatic rings. The van der Waals surface area contributed by atoms with Crippen LogP contribution in [-0.2, 0) is 4.74 Å². The van der Waals surface area contributed by atoms with Crippen molar-refractivity contribution in [2.45, 2.75) is 72.3 Å². The van der Waals surface area contributed by atoms with E-state index in [0.29, 0.717) is 11.5 Å². The molecule has 2 atom stereocenters. The molecule has 0 amide bonds. The number of ether oxygens (including phenoxy) is 1. The highest BCUT2D eigenvalue weighted by molar-refractivity contribution is 4.75. The van der Waals surface area contributed by atoms with Crippen LogP contribution in [0.15, 0.2) is 0 Å². The van der Waals surface area contributed by atoms with Crippen molar-refractivity contribution in [3.63, 3.8) is 0 Å². The molecule has 2 nitrogen and oxygen atoms in total. The van der Waals surface area contributed by atoms with Gasteiger partial charge in [0.25, 0.3) is 0 Å². The van der Waals surface area contributed by atoms with E-state index in [2.05, 4.69) is 27.7 Å². The largest absolute Gasteiger partial charge is 0.378 e. The van der Waals surface area contributed by atoms with E-state index in [4.69, 9.17) is 10.5 Å². The average molecular weight is 255 g/mol. The van der Waals surface area contributed by atoms with Crippen LogP contribution in [0.1, 0.15) is 66.2 Å². The van der Waals surface area contributed by atoms with Crippen molar-refractivity contribution < 1.29 is 4.74 Å². The standard InChI is InChI=1S/C16H33NO/c1-13-9-14(2)11-15(10-13)18-8-6-5-7-16(3,4)12-17/h13-15H,5-12,17H2,1-4H3. The van der Waals surface area contributed by atoms with Gasteiger partial charge < -0.3 is 10.5 Å². The number of hydrogen-bond acceptors (Lipinski definition) is 2. The van der Waals surface area contributed by atoms with Gasteiger partial charge >= 0.3 is 0 Å². The topological polar surface area (TPSA) is 35.2 Å². The van der Waals surface area contributed by atoms with Gasteiger partial charge in [0.2, 0.25) is 0 Å². The molecule has 1 aliphatic rings. The minimum atomic E-state index is 0.299. The lowest BCUT2D eigenvalue weighted by Gasteiger charge is -2.31. The summed E-state index contributed by atoms with van der Waals surface area (Å²) in [5.41, 5.74) is 6.04. The Kier molecular flexibility index (Phi) is 6.65. The van der Waals surface area contributed by atoms with Crippen LogP contribution in [0.25, 0.3) is 0 Å². The maximum Gasteiger partial charge on any atom is 0.0580 e. The van der Waals surface area contributed by atoms with E-state index < -0.39 is 0 Å². The Morgan fingerprint density at radius 2 is 1.67 bits per heavy atom. The molecule has 0 radical (unpaired) electrons. The molecule has 2 unspecified atom stereocenters. The lowest BCUT2D eigenvalue weighted by Crippen LogP contribution is -2.27. The van der Waals surface area contributed by atoms with E-state index >= 15 is 0 Å². The van der Waals surface area contributed by atoms with Crippen molar-refractivity contribution in [3.05, 3.63) is 0 Å². The van der Waals surface area contributed by atoms with Crippen LogP contribution in [0.2, 0.25) is 0 Å². The van der Waals surface area contributed by atoms with Crippen molar-refractivity contribution in [3.8, 4) is 0 Å². The monoisotopic (exact) mass is 255 g/mol. The lowest BCUT2D eigenvalue weighted by atomic mass is 9.82. The Bertz CT molecular complexity index is 217. The van der Waals surface area contributed by atoms with E-state index in [1.165, 1.54) is 38.5 Å². The summed E-state index contributed by atoms with van der Waals surface area (Å²) in [5, 5.41) is 0. The highest BCUT2D eigenvalue weighted by Crippen LogP contribution is 2.30. The highest BCUT2D eigenvalue weighted by atomic mass is 16.5. The van der Waals surface area contributed by atoms with E-state index in [0.717, 1.165) is 25.0 Å². The van der Waals surface area contributed by atoms with Crippen molar-refractivity contribution in [1.29, 1.82) is 0 Å². The summed E-state index contributed by atoms with van der Waals surface area (Å²) in [6, 6.07) is 0. The maximum atomic E-state index is 6.04. The quantitative estimate of drug-likeness (QED) is 0.698. The van der Waals surface area contributed by atoms with Gasteiger partial charge in [-0.15, -0.1) is 0 Å². The molecule has 2 heteroatoms. The van der Waals surface area contributed by atoms with E-state index in [-0.39, 0.29) is 0 Å². The van der Waals surface area contributed by atoms with Gasteiger partial charge in [0, 0.05) is 6.61 Å². The SMILES string of the molecule is CC1CC(C)CC(OCCCCC(C)(C)CN)C1. The zero-order chi connectivity index (χ0) is 13.6. The Morgan fingerprint density at radius 3 is 2.22 bits per heavy atom. The predicted molar refractivity (Wildman–Crippen MR) is 78.6 cm³/mol. The van der Waals surface area contributed by atoms with Crippen molar-refractivity contribution in [2.75, 3.05) is 13.2 Å². The smallest absolute Gasteiger partial charge is 0.0580 e. The maximum absolute atomic E-state index is 6.04. The van der Waals surface area contributed by atoms with Crippen LogP contribution in [0.5, 0.6) is 0 Å². The van der Waals surface area contributed by atoms with Gasteiger partial charge in [-0.2, -0.15) is 0 Å². The number of hydrogen-bond donors (Lipinski definition) is 1. The molecule has 0 aromatic heterocycles. The fourth-order valence-electron chi connectivity index (χ4n) is 3.07. The summed E-state index contributed by atoms with van der Waals surface area (Å²) >= 11 is 0. The van der Waals surface area contributed by atoms with Crippen LogP contribution < -0.4 is 5.73 Å². The first-order chi connectivity index (χ1) is 8.43. The number of unbranched alkanes of at least 4 members (excludes halogenated alkanes) is 1. The van der Waals surface area contributed by atoms with Crippen LogP contribution in [0.3, 0.4) is 0 Å². The Balaban J connectivity index is 2.07. The van der Waals surface area contributed by atoms with Crippen LogP contribution in [0.4, 0.5) is 0 Å². The Morgan fingerprint density at radius 1 is 1.06 bits per heavy atom. The molecule has 108 valence electrons. The summed E-state index contributed by atoms with van der Waals surface area (Å²) < 4.78 is 6.04. The molecular formula is C16H33NO. The minimum absolute atomic E-state index is 0.299. The van der Waals surface area contributed by atoms with Gasteiger partial charge in [-0.25, -0.2) is 0 Å². The van der Waals surface area contributed by atoms with E-state index in [9.17, 15) is 0 Å². The summed E-state index contributed by atoms with van der Waals surface area (Å²) in [5.74, 6) is 1.69. The third-order valence-electron chi connectivity index (χ3n) is 4.29. The molecule has 0 aromatic carbocycles. The summed E-state index contributed by atoms with van der Waals surface area (Å²) in [6.07, 6.45) is 8.06. The van der Waals surface area contributed by atoms with Gasteiger partial charge in [-0.05, 0) is 55.9 Å². The average Bonchev–Trinajstić information content (AvgIpc) is 2.27. The van der Waals surface area contributed by atoms with E-state index in [1.54, 1.807) is 0 Å². The minimum Gasteiger partial charge on any atom is -0.378 e. The molecule has 1 aliphatic carbocycles. The second kappa shape index (κ2) is 7.49. The summed E-state index contributed by atoms with van der Waals surface area (Å²) in [4.78, 5) is 0. The number of rotatable bonds is 7. The molecule has 0 heterocycles. The molecule has 18 heavy (non-hydrogen) atoms. The van der Waals surface area contributed by atoms with Crippen LogP contribution >= 0.6 is 0 Å². The zero-order valence-corrected chi connectivity index (χ0v) is 12.9. The molecular weight excluding hydrogens is 222 g/mol. The fourth-order valence-corrected chi connectivity index (χ4v) is 3.07. The van der Waals surface area contributed by atoms with Crippen molar-refractivity contribution >= 4 is 0 Å². The molecule has 1 rings (SSSR count). The third kappa shape index (κ3) is 6.19. The molecule has 0 bridgehead atoms. The summed E-state index contributed by atoms with van der Waals surface area (Å²) in [7, 11) is 0. The first-order valence-electron chi connectivity index (χ1n) is 7.74. The van der Waals surface area contributed by atoms with Crippen molar-refractivity contribution in [1.82, 2.24) is 0 Å². The molecule has 0 spiro atoms. The second-order valence-electron chi connectivity index (χ2n) is 7.24. The third-order valence-corrected chi connectivity index (χ3v) is 4.29. The zero-order valence-electron chi connectivity index (χ0n) is 12.9. The van der Waals surface area contributed by atoms with Gasteiger partial charge in [-0.3, -0.25) is 0 Å². The molecule has 0 saturated heterocycles. The van der Waals surface area contributed by atoms with Gasteiger partial charge in [-0.1, -0.05) is 34.1 Å². The highest BCUT2D eigenvalue weighted by Gasteiger charge is 2.24. The van der Waals surface area contributed by atoms with Crippen molar-refractivity contribution in [2.24, 2.45) is 23.0 Å². The first-order valence-corrected chi connectivity index (χ1v) is 7.74. The fraction of sp³-hybridized carbons (Fsp3) is 1.00. The predicted octanol–water partition coefficient (Wildman–Crippen LogP) is 3.98. The van der Waals surface area contributed by atoms with Gasteiger partial charge in [0.15, 0.2) is 0 Å². The van der Waals surface area contributed by atoms with Gasteiger partial charge in [0.1, 0.15) is 0 Å². The first kappa shape index (κ1) is 16.0. The van der Waals surface area contributed by atoms with E-state index in [1.807, 2.05) is 0 Å². The second-order valence-corrected chi connectivity index (χ2v) is 7.24.